The molecule has 0 bridgehead atoms. The number of rotatable bonds is 5. The fraction of sp³-hybridized carbons (Fsp3) is 0.0952. The van der Waals surface area contributed by atoms with Crippen LogP contribution >= 0.6 is 23.2 Å². The van der Waals surface area contributed by atoms with E-state index in [1.165, 1.54) is 30.3 Å². The lowest BCUT2D eigenvalue weighted by Crippen LogP contribution is -2.15. The number of anilines is 1. The van der Waals surface area contributed by atoms with Crippen molar-refractivity contribution in [2.45, 2.75) is 17.2 Å². The Morgan fingerprint density at radius 2 is 1.58 bits per heavy atom. The molecule has 0 radical (unpaired) electrons. The van der Waals surface area contributed by atoms with Gasteiger partial charge in [-0.2, -0.15) is 26.3 Å². The van der Waals surface area contributed by atoms with Gasteiger partial charge >= 0.3 is 12.4 Å². The van der Waals surface area contributed by atoms with Crippen LogP contribution in [-0.2, 0) is 23.3 Å². The molecule has 0 fully saturated rings. The third kappa shape index (κ3) is 5.32. The monoisotopic (exact) mass is 565 g/mol. The summed E-state index contributed by atoms with van der Waals surface area (Å²) in [5.74, 6) is -1.73. The first-order chi connectivity index (χ1) is 16.9. The van der Waals surface area contributed by atoms with Crippen LogP contribution in [0, 0.1) is 0 Å². The van der Waals surface area contributed by atoms with Gasteiger partial charge in [-0.25, -0.2) is 9.19 Å². The molecule has 0 aliphatic rings. The molecule has 1 atom stereocenters. The smallest absolute Gasteiger partial charge is 0.299 e. The predicted molar refractivity (Wildman–Crippen MR) is 121 cm³/mol. The average molecular weight is 566 g/mol. The molecule has 4 aromatic rings. The topological polar surface area (TPSA) is 72.7 Å². The molecule has 2 heterocycles. The number of alkyl halides is 6. The second kappa shape index (κ2) is 9.71. The molecule has 0 saturated heterocycles. The van der Waals surface area contributed by atoms with Crippen LogP contribution in [0.5, 0.6) is 0 Å². The second-order valence-corrected chi connectivity index (χ2v) is 9.13. The second-order valence-electron chi connectivity index (χ2n) is 7.08. The van der Waals surface area contributed by atoms with Gasteiger partial charge < -0.3 is 0 Å². The van der Waals surface area contributed by atoms with Crippen LogP contribution in [0.1, 0.15) is 11.4 Å². The zero-order valence-corrected chi connectivity index (χ0v) is 19.7. The number of aromatic nitrogens is 4. The Kier molecular flexibility index (Phi) is 6.99. The van der Waals surface area contributed by atoms with Crippen molar-refractivity contribution in [3.8, 4) is 17.2 Å². The summed E-state index contributed by atoms with van der Waals surface area (Å²) in [5.41, 5.74) is -1.55. The van der Waals surface area contributed by atoms with E-state index >= 15 is 0 Å². The van der Waals surface area contributed by atoms with Gasteiger partial charge in [-0.3, -0.25) is 9.29 Å². The molecule has 1 N–H and O–H groups in total. The van der Waals surface area contributed by atoms with Crippen LogP contribution in [0.2, 0.25) is 10.0 Å². The van der Waals surface area contributed by atoms with Crippen molar-refractivity contribution in [2.24, 2.45) is 0 Å². The summed E-state index contributed by atoms with van der Waals surface area (Å²) in [5, 5.41) is 6.31. The fourth-order valence-corrected chi connectivity index (χ4v) is 4.41. The molecule has 0 aliphatic carbocycles. The van der Waals surface area contributed by atoms with E-state index in [9.17, 15) is 30.6 Å². The predicted octanol–water partition coefficient (Wildman–Crippen LogP) is 6.81. The molecule has 188 valence electrons. The number of pyridine rings is 1. The van der Waals surface area contributed by atoms with E-state index in [4.69, 9.17) is 23.2 Å². The highest BCUT2D eigenvalue weighted by Crippen LogP contribution is 2.37. The Hall–Kier alpha value is -3.16. The molecular formula is C21H11Cl2F6N5OS. The van der Waals surface area contributed by atoms with Crippen LogP contribution < -0.4 is 4.72 Å². The largest absolute Gasteiger partial charge is 0.452 e. The third-order valence-electron chi connectivity index (χ3n) is 4.66. The van der Waals surface area contributed by atoms with Gasteiger partial charge in [-0.1, -0.05) is 41.4 Å². The standard InChI is InChI=1S/C21H11Cl2F6N5OS/c22-11-8-16(33-36(35)13-6-7-15(23)14(9-13)20(24,25)26)17(30-10-11)18-31-32-19(21(27,28)29)34(18)12-4-2-1-3-5-12/h1-10,33H. The number of halogens is 8. The molecule has 0 amide bonds. The van der Waals surface area contributed by atoms with Crippen molar-refractivity contribution >= 4 is 39.9 Å². The van der Waals surface area contributed by atoms with Crippen LogP contribution in [0.3, 0.4) is 0 Å². The quantitative estimate of drug-likeness (QED) is 0.270. The molecule has 0 saturated carbocycles. The molecule has 0 spiro atoms. The first kappa shape index (κ1) is 25.9. The summed E-state index contributed by atoms with van der Waals surface area (Å²) in [4.78, 5) is 3.72. The molecular weight excluding hydrogens is 555 g/mol. The Morgan fingerprint density at radius 1 is 0.889 bits per heavy atom. The SMILES string of the molecule is O=S(Nc1cc(Cl)cnc1-c1nnc(C(F)(F)F)n1-c1ccccc1)c1ccc(Cl)c(C(F)(F)F)c1. The summed E-state index contributed by atoms with van der Waals surface area (Å²) >= 11 is 11.6. The van der Waals surface area contributed by atoms with E-state index in [-0.39, 0.29) is 32.8 Å². The van der Waals surface area contributed by atoms with Crippen LogP contribution in [0.4, 0.5) is 32.0 Å². The molecule has 1 unspecified atom stereocenters. The van der Waals surface area contributed by atoms with Crippen LogP contribution in [-0.4, -0.2) is 24.0 Å². The normalized spacial score (nSPS) is 13.0. The summed E-state index contributed by atoms with van der Waals surface area (Å²) in [6.07, 6.45) is -8.58. The van der Waals surface area contributed by atoms with Gasteiger partial charge in [0.05, 0.1) is 26.2 Å². The Labute approximate surface area is 211 Å². The zero-order valence-electron chi connectivity index (χ0n) is 17.4. The molecule has 2 aromatic carbocycles. The minimum Gasteiger partial charge on any atom is -0.299 e. The first-order valence-corrected chi connectivity index (χ1v) is 11.6. The van der Waals surface area contributed by atoms with Gasteiger partial charge in [-0.15, -0.1) is 10.2 Å². The Morgan fingerprint density at radius 3 is 2.22 bits per heavy atom. The van der Waals surface area contributed by atoms with Gasteiger partial charge in [0.25, 0.3) is 0 Å². The van der Waals surface area contributed by atoms with E-state index < -0.39 is 39.7 Å². The number of benzene rings is 2. The summed E-state index contributed by atoms with van der Waals surface area (Å²) < 4.78 is 96.8. The minimum atomic E-state index is -4.89. The van der Waals surface area contributed by atoms with Crippen molar-refractivity contribution in [3.63, 3.8) is 0 Å². The van der Waals surface area contributed by atoms with Gasteiger partial charge in [-0.05, 0) is 36.4 Å². The van der Waals surface area contributed by atoms with E-state index in [0.717, 1.165) is 18.3 Å². The summed E-state index contributed by atoms with van der Waals surface area (Å²) in [7, 11) is -2.33. The molecule has 0 aliphatic heterocycles. The lowest BCUT2D eigenvalue weighted by atomic mass is 10.2. The van der Waals surface area contributed by atoms with Crippen molar-refractivity contribution in [2.75, 3.05) is 4.72 Å². The average Bonchev–Trinajstić information content (AvgIpc) is 3.25. The van der Waals surface area contributed by atoms with E-state index in [1.54, 1.807) is 6.07 Å². The lowest BCUT2D eigenvalue weighted by molar-refractivity contribution is -0.146. The number of para-hydroxylation sites is 1. The van der Waals surface area contributed by atoms with Crippen molar-refractivity contribution in [1.82, 2.24) is 19.7 Å². The number of nitrogens with zero attached hydrogens (tertiary/aromatic N) is 4. The summed E-state index contributed by atoms with van der Waals surface area (Å²) in [6, 6.07) is 11.2. The lowest BCUT2D eigenvalue weighted by Gasteiger charge is -2.15. The van der Waals surface area contributed by atoms with Gasteiger partial charge in [0.15, 0.2) is 5.82 Å². The van der Waals surface area contributed by atoms with Crippen molar-refractivity contribution in [1.29, 1.82) is 0 Å². The number of hydrogen-bond donors (Lipinski definition) is 1. The highest BCUT2D eigenvalue weighted by atomic mass is 35.5. The van der Waals surface area contributed by atoms with E-state index in [2.05, 4.69) is 19.9 Å². The van der Waals surface area contributed by atoms with E-state index in [1.807, 2.05) is 0 Å². The zero-order chi connectivity index (χ0) is 26.3. The first-order valence-electron chi connectivity index (χ1n) is 9.65. The van der Waals surface area contributed by atoms with Crippen LogP contribution in [0.15, 0.2) is 65.7 Å². The molecule has 36 heavy (non-hydrogen) atoms. The summed E-state index contributed by atoms with van der Waals surface area (Å²) in [6.45, 7) is 0. The fourth-order valence-electron chi connectivity index (χ4n) is 3.13. The number of nitrogens with one attached hydrogen (secondary N) is 1. The third-order valence-corrected chi connectivity index (χ3v) is 6.28. The van der Waals surface area contributed by atoms with Crippen molar-refractivity contribution in [3.05, 3.63) is 82.2 Å². The molecule has 4 rings (SSSR count). The van der Waals surface area contributed by atoms with Gasteiger partial charge in [0.2, 0.25) is 5.82 Å². The highest BCUT2D eigenvalue weighted by molar-refractivity contribution is 7.86. The molecule has 6 nitrogen and oxygen atoms in total. The maximum absolute atomic E-state index is 13.7. The van der Waals surface area contributed by atoms with Crippen LogP contribution in [0.25, 0.3) is 17.2 Å². The maximum atomic E-state index is 13.7. The van der Waals surface area contributed by atoms with E-state index in [0.29, 0.717) is 10.6 Å². The minimum absolute atomic E-state index is 0.00663. The Bertz CT molecular complexity index is 1440. The van der Waals surface area contributed by atoms with Crippen molar-refractivity contribution < 1.29 is 30.6 Å². The Balaban J connectivity index is 1.82. The molecule has 2 aromatic heterocycles. The maximum Gasteiger partial charge on any atom is 0.452 e. The number of hydrogen-bond acceptors (Lipinski definition) is 4. The highest BCUT2D eigenvalue weighted by Gasteiger charge is 2.40. The molecule has 15 heteroatoms. The van der Waals surface area contributed by atoms with Gasteiger partial charge in [0.1, 0.15) is 16.7 Å². The van der Waals surface area contributed by atoms with Gasteiger partial charge in [0, 0.05) is 11.9 Å².